The molecule has 1 aliphatic rings. The summed E-state index contributed by atoms with van der Waals surface area (Å²) in [5.41, 5.74) is 0.848. The number of hydrogen-bond acceptors (Lipinski definition) is 3. The minimum atomic E-state index is -0.451. The summed E-state index contributed by atoms with van der Waals surface area (Å²) in [5, 5.41) is 2.48. The number of amides is 1. The lowest BCUT2D eigenvalue weighted by Gasteiger charge is -2.40. The SMILES string of the molecule is C[C@@H]1CN(Cc2ccc3c(Br)cccc3c2)CCN1C(=O)OC(C)(C)C. The highest BCUT2D eigenvalue weighted by Crippen LogP contribution is 2.25. The molecule has 1 aliphatic heterocycles. The maximum Gasteiger partial charge on any atom is 0.410 e. The van der Waals surface area contributed by atoms with Crippen LogP contribution < -0.4 is 0 Å². The van der Waals surface area contributed by atoms with Crippen LogP contribution in [0.25, 0.3) is 10.8 Å². The molecule has 0 spiro atoms. The van der Waals surface area contributed by atoms with E-state index >= 15 is 0 Å². The molecule has 0 bridgehead atoms. The zero-order chi connectivity index (χ0) is 18.9. The smallest absolute Gasteiger partial charge is 0.410 e. The number of benzene rings is 2. The van der Waals surface area contributed by atoms with Crippen molar-refractivity contribution >= 4 is 32.8 Å². The molecule has 0 aromatic heterocycles. The Labute approximate surface area is 164 Å². The van der Waals surface area contributed by atoms with E-state index in [1.807, 2.05) is 25.7 Å². The second kappa shape index (κ2) is 7.57. The fraction of sp³-hybridized carbons (Fsp3) is 0.476. The number of nitrogens with zero attached hydrogens (tertiary/aromatic N) is 2. The quantitative estimate of drug-likeness (QED) is 0.684. The van der Waals surface area contributed by atoms with Crippen molar-refractivity contribution in [1.82, 2.24) is 9.80 Å². The summed E-state index contributed by atoms with van der Waals surface area (Å²) in [4.78, 5) is 16.6. The molecular formula is C21H27BrN2O2. The predicted octanol–water partition coefficient (Wildman–Crippen LogP) is 5.04. The first-order valence-electron chi connectivity index (χ1n) is 9.12. The molecule has 0 aliphatic carbocycles. The molecule has 0 unspecified atom stereocenters. The number of carbonyl (C=O) groups is 1. The second-order valence-corrected chi connectivity index (χ2v) is 8.91. The number of ether oxygens (including phenoxy) is 1. The fourth-order valence-electron chi connectivity index (χ4n) is 3.42. The van der Waals surface area contributed by atoms with E-state index < -0.39 is 5.60 Å². The van der Waals surface area contributed by atoms with Gasteiger partial charge in [0.1, 0.15) is 5.60 Å². The summed E-state index contributed by atoms with van der Waals surface area (Å²) in [6.45, 7) is 11.1. The van der Waals surface area contributed by atoms with Gasteiger partial charge in [-0.3, -0.25) is 4.90 Å². The van der Waals surface area contributed by atoms with E-state index in [1.54, 1.807) is 0 Å². The van der Waals surface area contributed by atoms with Gasteiger partial charge in [0.15, 0.2) is 0 Å². The van der Waals surface area contributed by atoms with E-state index in [2.05, 4.69) is 64.2 Å². The standard InChI is InChI=1S/C21H27BrN2O2/c1-15-13-23(10-11-24(15)20(25)26-21(2,3)4)14-16-8-9-18-17(12-16)6-5-7-19(18)22/h5-9,12,15H,10-11,13-14H2,1-4H3/t15-/m1/s1. The van der Waals surface area contributed by atoms with Crippen LogP contribution >= 0.6 is 15.9 Å². The molecule has 1 atom stereocenters. The summed E-state index contributed by atoms with van der Waals surface area (Å²) in [6, 6.07) is 13.1. The van der Waals surface area contributed by atoms with Crippen LogP contribution in [-0.2, 0) is 11.3 Å². The zero-order valence-corrected chi connectivity index (χ0v) is 17.5. The molecule has 0 saturated carbocycles. The van der Waals surface area contributed by atoms with Gasteiger partial charge in [0.25, 0.3) is 0 Å². The Bertz CT molecular complexity index is 800. The Balaban J connectivity index is 1.64. The molecule has 26 heavy (non-hydrogen) atoms. The third-order valence-electron chi connectivity index (χ3n) is 4.64. The number of halogens is 1. The first-order valence-corrected chi connectivity index (χ1v) is 9.91. The number of carbonyl (C=O) groups excluding carboxylic acids is 1. The highest BCUT2D eigenvalue weighted by molar-refractivity contribution is 9.10. The van der Waals surface area contributed by atoms with E-state index in [4.69, 9.17) is 4.74 Å². The van der Waals surface area contributed by atoms with Crippen LogP contribution in [0.3, 0.4) is 0 Å². The third kappa shape index (κ3) is 4.57. The molecule has 3 rings (SSSR count). The molecule has 140 valence electrons. The van der Waals surface area contributed by atoms with Crippen molar-refractivity contribution in [3.63, 3.8) is 0 Å². The van der Waals surface area contributed by atoms with Gasteiger partial charge >= 0.3 is 6.09 Å². The minimum absolute atomic E-state index is 0.146. The molecule has 2 aromatic carbocycles. The lowest BCUT2D eigenvalue weighted by atomic mass is 10.1. The highest BCUT2D eigenvalue weighted by atomic mass is 79.9. The average molecular weight is 419 g/mol. The van der Waals surface area contributed by atoms with Gasteiger partial charge in [0.05, 0.1) is 0 Å². The maximum atomic E-state index is 12.3. The summed E-state index contributed by atoms with van der Waals surface area (Å²) in [7, 11) is 0. The fourth-order valence-corrected chi connectivity index (χ4v) is 3.93. The normalized spacial score (nSPS) is 19.0. The monoisotopic (exact) mass is 418 g/mol. The number of rotatable bonds is 2. The van der Waals surface area contributed by atoms with Crippen LogP contribution in [0.2, 0.25) is 0 Å². The van der Waals surface area contributed by atoms with Gasteiger partial charge in [-0.05, 0) is 56.2 Å². The van der Waals surface area contributed by atoms with Gasteiger partial charge in [-0.25, -0.2) is 4.79 Å². The highest BCUT2D eigenvalue weighted by Gasteiger charge is 2.30. The molecule has 0 N–H and O–H groups in total. The Morgan fingerprint density at radius 3 is 2.69 bits per heavy atom. The zero-order valence-electron chi connectivity index (χ0n) is 16.0. The maximum absolute atomic E-state index is 12.3. The largest absolute Gasteiger partial charge is 0.444 e. The van der Waals surface area contributed by atoms with Gasteiger partial charge < -0.3 is 9.64 Å². The van der Waals surface area contributed by atoms with Gasteiger partial charge in [-0.2, -0.15) is 0 Å². The van der Waals surface area contributed by atoms with Crippen LogP contribution in [-0.4, -0.2) is 47.2 Å². The van der Waals surface area contributed by atoms with Gasteiger partial charge in [0, 0.05) is 36.7 Å². The summed E-state index contributed by atoms with van der Waals surface area (Å²) >= 11 is 3.61. The van der Waals surface area contributed by atoms with Crippen molar-refractivity contribution in [2.45, 2.75) is 45.9 Å². The molecule has 1 fully saturated rings. The Kier molecular flexibility index (Phi) is 5.58. The predicted molar refractivity (Wildman–Crippen MR) is 109 cm³/mol. The molecule has 1 saturated heterocycles. The molecule has 1 amide bonds. The topological polar surface area (TPSA) is 32.8 Å². The number of fused-ring (bicyclic) bond motifs is 1. The van der Waals surface area contributed by atoms with E-state index in [0.717, 1.165) is 24.1 Å². The Hall–Kier alpha value is -1.59. The minimum Gasteiger partial charge on any atom is -0.444 e. The van der Waals surface area contributed by atoms with Crippen molar-refractivity contribution in [3.8, 4) is 0 Å². The lowest BCUT2D eigenvalue weighted by molar-refractivity contribution is 0.000567. The summed E-state index contributed by atoms with van der Waals surface area (Å²) in [6.07, 6.45) is -0.208. The molecular weight excluding hydrogens is 392 g/mol. The van der Waals surface area contributed by atoms with Crippen LogP contribution in [0, 0.1) is 0 Å². The van der Waals surface area contributed by atoms with Crippen molar-refractivity contribution in [3.05, 3.63) is 46.4 Å². The van der Waals surface area contributed by atoms with E-state index in [9.17, 15) is 4.79 Å². The summed E-state index contributed by atoms with van der Waals surface area (Å²) < 4.78 is 6.65. The molecule has 2 aromatic rings. The van der Waals surface area contributed by atoms with Crippen molar-refractivity contribution < 1.29 is 9.53 Å². The van der Waals surface area contributed by atoms with E-state index in [-0.39, 0.29) is 12.1 Å². The lowest BCUT2D eigenvalue weighted by Crippen LogP contribution is -2.54. The first kappa shape index (κ1) is 19.2. The first-order chi connectivity index (χ1) is 12.2. The number of hydrogen-bond donors (Lipinski definition) is 0. The van der Waals surface area contributed by atoms with Crippen LogP contribution in [0.1, 0.15) is 33.3 Å². The van der Waals surface area contributed by atoms with Crippen LogP contribution in [0.5, 0.6) is 0 Å². The Morgan fingerprint density at radius 2 is 2.00 bits per heavy atom. The van der Waals surface area contributed by atoms with E-state index in [1.165, 1.54) is 16.3 Å². The molecule has 0 radical (unpaired) electrons. The average Bonchev–Trinajstić information content (AvgIpc) is 2.53. The molecule has 5 heteroatoms. The second-order valence-electron chi connectivity index (χ2n) is 8.05. The molecule has 1 heterocycles. The van der Waals surface area contributed by atoms with E-state index in [0.29, 0.717) is 6.54 Å². The summed E-state index contributed by atoms with van der Waals surface area (Å²) in [5.74, 6) is 0. The van der Waals surface area contributed by atoms with Gasteiger partial charge in [0.2, 0.25) is 0 Å². The van der Waals surface area contributed by atoms with Gasteiger partial charge in [-0.15, -0.1) is 0 Å². The van der Waals surface area contributed by atoms with Crippen molar-refractivity contribution in [1.29, 1.82) is 0 Å². The third-order valence-corrected chi connectivity index (χ3v) is 5.33. The van der Waals surface area contributed by atoms with Crippen molar-refractivity contribution in [2.24, 2.45) is 0 Å². The van der Waals surface area contributed by atoms with Crippen molar-refractivity contribution in [2.75, 3.05) is 19.6 Å². The molecule has 4 nitrogen and oxygen atoms in total. The van der Waals surface area contributed by atoms with Crippen LogP contribution in [0.15, 0.2) is 40.9 Å². The number of piperazine rings is 1. The van der Waals surface area contributed by atoms with Gasteiger partial charge in [-0.1, -0.05) is 40.2 Å². The van der Waals surface area contributed by atoms with Crippen LogP contribution in [0.4, 0.5) is 4.79 Å². The Morgan fingerprint density at radius 1 is 1.23 bits per heavy atom.